The van der Waals surface area contributed by atoms with Crippen molar-refractivity contribution in [1.82, 2.24) is 5.06 Å². The van der Waals surface area contributed by atoms with Gasteiger partial charge in [0.05, 0.1) is 12.5 Å². The third-order valence-corrected chi connectivity index (χ3v) is 2.96. The molecule has 1 amide bonds. The summed E-state index contributed by atoms with van der Waals surface area (Å²) in [5.41, 5.74) is 0.926. The molecular weight excluding hydrogens is 284 g/mol. The number of carboxylic acid groups (broad SMARTS) is 1. The fraction of sp³-hybridized carbons (Fsp3) is 0.438. The Hall–Kier alpha value is -2.39. The Bertz CT molecular complexity index is 511. The molecule has 0 aliphatic heterocycles. The summed E-state index contributed by atoms with van der Waals surface area (Å²) in [6.45, 7) is 0.602. The van der Waals surface area contributed by atoms with Crippen LogP contribution in [0.5, 0.6) is 0 Å². The van der Waals surface area contributed by atoms with Crippen LogP contribution in [-0.4, -0.2) is 28.6 Å². The number of unbranched alkanes of at least 4 members (excludes halogenated alkanes) is 2. The molecule has 118 valence electrons. The van der Waals surface area contributed by atoms with Gasteiger partial charge in [0.15, 0.2) is 0 Å². The van der Waals surface area contributed by atoms with E-state index in [9.17, 15) is 9.59 Å². The first kappa shape index (κ1) is 17.7. The zero-order chi connectivity index (χ0) is 16.2. The Morgan fingerprint density at radius 2 is 1.91 bits per heavy atom. The first-order valence-electron chi connectivity index (χ1n) is 7.19. The zero-order valence-electron chi connectivity index (χ0n) is 12.4. The predicted molar refractivity (Wildman–Crippen MR) is 79.3 cm³/mol. The molecule has 0 bridgehead atoms. The van der Waals surface area contributed by atoms with Crippen LogP contribution in [0.25, 0.3) is 0 Å². The first-order valence-corrected chi connectivity index (χ1v) is 7.19. The minimum atomic E-state index is -1.01. The van der Waals surface area contributed by atoms with Crippen LogP contribution in [0.3, 0.4) is 0 Å². The molecule has 1 aromatic carbocycles. The molecule has 0 atom stereocenters. The molecule has 0 radical (unpaired) electrons. The minimum Gasteiger partial charge on any atom is -0.481 e. The second kappa shape index (κ2) is 10.4. The molecule has 1 aromatic rings. The topological polar surface area (TPSA) is 90.6 Å². The number of carbonyl (C=O) groups is 2. The fourth-order valence-corrected chi connectivity index (χ4v) is 1.79. The highest BCUT2D eigenvalue weighted by molar-refractivity contribution is 5.79. The Kier molecular flexibility index (Phi) is 8.31. The van der Waals surface area contributed by atoms with E-state index in [0.717, 1.165) is 5.56 Å². The number of carboxylic acids is 1. The molecule has 0 aromatic heterocycles. The van der Waals surface area contributed by atoms with Gasteiger partial charge in [-0.3, -0.25) is 14.4 Å². The van der Waals surface area contributed by atoms with Gasteiger partial charge in [-0.1, -0.05) is 30.3 Å². The smallest absolute Gasteiger partial charge is 0.303 e. The molecule has 0 spiro atoms. The molecule has 0 saturated heterocycles. The molecule has 1 rings (SSSR count). The van der Waals surface area contributed by atoms with Gasteiger partial charge in [0, 0.05) is 19.4 Å². The van der Waals surface area contributed by atoms with E-state index in [0.29, 0.717) is 25.8 Å². The van der Waals surface area contributed by atoms with Crippen LogP contribution in [-0.2, 0) is 21.0 Å². The van der Waals surface area contributed by atoms with Crippen LogP contribution in [0.1, 0.15) is 37.7 Å². The maximum atomic E-state index is 12.0. The van der Waals surface area contributed by atoms with Crippen molar-refractivity contribution >= 4 is 11.9 Å². The van der Waals surface area contributed by atoms with E-state index in [2.05, 4.69) is 0 Å². The van der Waals surface area contributed by atoms with Crippen LogP contribution in [0.2, 0.25) is 0 Å². The normalized spacial score (nSPS) is 9.95. The second-order valence-electron chi connectivity index (χ2n) is 4.76. The average molecular weight is 304 g/mol. The Morgan fingerprint density at radius 3 is 2.55 bits per heavy atom. The van der Waals surface area contributed by atoms with Gasteiger partial charge < -0.3 is 5.11 Å². The van der Waals surface area contributed by atoms with Crippen molar-refractivity contribution in [1.29, 1.82) is 5.26 Å². The first-order chi connectivity index (χ1) is 10.6. The monoisotopic (exact) mass is 304 g/mol. The lowest BCUT2D eigenvalue weighted by Crippen LogP contribution is -2.32. The van der Waals surface area contributed by atoms with Gasteiger partial charge in [0.1, 0.15) is 6.61 Å². The summed E-state index contributed by atoms with van der Waals surface area (Å²) in [5.74, 6) is -1.36. The number of carbonyl (C=O) groups excluding carboxylic acids is 1. The van der Waals surface area contributed by atoms with E-state index in [1.54, 1.807) is 0 Å². The number of aliphatic carboxylic acids is 1. The van der Waals surface area contributed by atoms with Gasteiger partial charge in [-0.15, -0.1) is 0 Å². The molecule has 0 unspecified atom stereocenters. The molecule has 0 saturated carbocycles. The van der Waals surface area contributed by atoms with E-state index in [1.807, 2.05) is 36.4 Å². The van der Waals surface area contributed by atoms with Gasteiger partial charge in [-0.2, -0.15) is 5.26 Å². The number of amides is 1. The summed E-state index contributed by atoms with van der Waals surface area (Å²) < 4.78 is 0. The van der Waals surface area contributed by atoms with E-state index >= 15 is 0 Å². The highest BCUT2D eigenvalue weighted by Gasteiger charge is 2.15. The predicted octanol–water partition coefficient (Wildman–Crippen LogP) is 2.51. The maximum absolute atomic E-state index is 12.0. The van der Waals surface area contributed by atoms with Gasteiger partial charge in [0.2, 0.25) is 5.91 Å². The summed E-state index contributed by atoms with van der Waals surface area (Å²) in [5, 5.41) is 18.4. The summed E-state index contributed by atoms with van der Waals surface area (Å²) in [6, 6.07) is 11.5. The summed E-state index contributed by atoms with van der Waals surface area (Å²) in [7, 11) is 0. The number of hydrogen-bond donors (Lipinski definition) is 1. The van der Waals surface area contributed by atoms with E-state index < -0.39 is 5.97 Å². The fourth-order valence-electron chi connectivity index (χ4n) is 1.79. The quantitative estimate of drug-likeness (QED) is 0.530. The van der Waals surface area contributed by atoms with Gasteiger partial charge >= 0.3 is 5.97 Å². The lowest BCUT2D eigenvalue weighted by atomic mass is 10.2. The molecule has 1 N–H and O–H groups in total. The van der Waals surface area contributed by atoms with Crippen LogP contribution in [0, 0.1) is 11.3 Å². The Morgan fingerprint density at radius 1 is 1.18 bits per heavy atom. The third-order valence-electron chi connectivity index (χ3n) is 2.96. The zero-order valence-corrected chi connectivity index (χ0v) is 12.4. The Balaban J connectivity index is 2.50. The molecule has 6 nitrogen and oxygen atoms in total. The molecular formula is C16H20N2O4. The van der Waals surface area contributed by atoms with Crippen molar-refractivity contribution in [2.75, 3.05) is 6.54 Å². The summed E-state index contributed by atoms with van der Waals surface area (Å²) in [4.78, 5) is 28.1. The number of hydrogen-bond acceptors (Lipinski definition) is 4. The highest BCUT2D eigenvalue weighted by atomic mass is 16.7. The summed E-state index contributed by atoms with van der Waals surface area (Å²) in [6.07, 6.45) is 1.43. The molecule has 0 heterocycles. The number of hydroxylamine groups is 2. The highest BCUT2D eigenvalue weighted by Crippen LogP contribution is 2.08. The average Bonchev–Trinajstić information content (AvgIpc) is 2.53. The second-order valence-corrected chi connectivity index (χ2v) is 4.76. The maximum Gasteiger partial charge on any atom is 0.303 e. The van der Waals surface area contributed by atoms with E-state index in [4.69, 9.17) is 15.2 Å². The Labute approximate surface area is 129 Å². The number of benzene rings is 1. The van der Waals surface area contributed by atoms with Gasteiger partial charge in [-0.25, -0.2) is 5.06 Å². The SMILES string of the molecule is N#CCCCCN(OCc1ccccc1)C(=O)CCC(=O)O. The lowest BCUT2D eigenvalue weighted by molar-refractivity contribution is -0.192. The van der Waals surface area contributed by atoms with Crippen molar-refractivity contribution < 1.29 is 19.5 Å². The van der Waals surface area contributed by atoms with Crippen molar-refractivity contribution in [2.45, 2.75) is 38.7 Å². The van der Waals surface area contributed by atoms with Crippen molar-refractivity contribution in [3.05, 3.63) is 35.9 Å². The molecule has 6 heteroatoms. The van der Waals surface area contributed by atoms with Gasteiger partial charge in [-0.05, 0) is 18.4 Å². The molecule has 0 aliphatic rings. The van der Waals surface area contributed by atoms with E-state index in [1.165, 1.54) is 5.06 Å². The van der Waals surface area contributed by atoms with Crippen LogP contribution >= 0.6 is 0 Å². The molecule has 0 aliphatic carbocycles. The largest absolute Gasteiger partial charge is 0.481 e. The van der Waals surface area contributed by atoms with Gasteiger partial charge in [0.25, 0.3) is 0 Å². The van der Waals surface area contributed by atoms with Crippen molar-refractivity contribution in [3.63, 3.8) is 0 Å². The molecule has 22 heavy (non-hydrogen) atoms. The van der Waals surface area contributed by atoms with Crippen LogP contribution < -0.4 is 0 Å². The minimum absolute atomic E-state index is 0.0949. The lowest BCUT2D eigenvalue weighted by Gasteiger charge is -2.21. The van der Waals surface area contributed by atoms with E-state index in [-0.39, 0.29) is 25.4 Å². The third kappa shape index (κ3) is 7.41. The van der Waals surface area contributed by atoms with Crippen molar-refractivity contribution in [3.8, 4) is 6.07 Å². The van der Waals surface area contributed by atoms with Crippen LogP contribution in [0.4, 0.5) is 0 Å². The van der Waals surface area contributed by atoms with Crippen LogP contribution in [0.15, 0.2) is 30.3 Å². The standard InChI is InChI=1S/C16H20N2O4/c17-11-5-2-6-12-18(15(19)9-10-16(20)21)22-13-14-7-3-1-4-8-14/h1,3-4,7-8H,2,5-6,9-10,12-13H2,(H,20,21). The van der Waals surface area contributed by atoms with Crippen molar-refractivity contribution in [2.24, 2.45) is 0 Å². The summed E-state index contributed by atoms with van der Waals surface area (Å²) >= 11 is 0. The number of nitriles is 1. The number of rotatable bonds is 10. The number of nitrogens with zero attached hydrogens (tertiary/aromatic N) is 2. The molecule has 0 fully saturated rings.